The molecule has 2 aromatic carbocycles. The Morgan fingerprint density at radius 1 is 1.03 bits per heavy atom. The fourth-order valence-corrected chi connectivity index (χ4v) is 4.13. The molecule has 0 aliphatic rings. The number of anilines is 1. The fourth-order valence-electron chi connectivity index (χ4n) is 3.03. The first kappa shape index (κ1) is 18.9. The minimum absolute atomic E-state index is 0.0463. The van der Waals surface area contributed by atoms with Crippen LogP contribution in [0.3, 0.4) is 0 Å². The SMILES string of the molecule is CC(=O)c1cccc(S(=O)(=O)Nc2ccc(-c3cn4ccc(C)cc4n3)cc2)c1. The van der Waals surface area contributed by atoms with Gasteiger partial charge in [0, 0.05) is 29.2 Å². The normalized spacial score (nSPS) is 11.5. The molecule has 0 unspecified atom stereocenters. The summed E-state index contributed by atoms with van der Waals surface area (Å²) in [5, 5.41) is 0. The summed E-state index contributed by atoms with van der Waals surface area (Å²) in [4.78, 5) is 16.2. The number of nitrogens with one attached hydrogen (secondary N) is 1. The summed E-state index contributed by atoms with van der Waals surface area (Å²) in [6, 6.07) is 17.0. The smallest absolute Gasteiger partial charge is 0.261 e. The third-order valence-corrected chi connectivity index (χ3v) is 5.98. The van der Waals surface area contributed by atoms with E-state index in [0.29, 0.717) is 11.3 Å². The molecule has 2 heterocycles. The van der Waals surface area contributed by atoms with Crippen LogP contribution in [-0.4, -0.2) is 23.6 Å². The van der Waals surface area contributed by atoms with Gasteiger partial charge in [0.25, 0.3) is 10.0 Å². The largest absolute Gasteiger partial charge is 0.306 e. The van der Waals surface area contributed by atoms with Gasteiger partial charge in [-0.05, 0) is 55.8 Å². The summed E-state index contributed by atoms with van der Waals surface area (Å²) < 4.78 is 29.8. The molecule has 7 heteroatoms. The van der Waals surface area contributed by atoms with Crippen LogP contribution < -0.4 is 4.72 Å². The molecule has 6 nitrogen and oxygen atoms in total. The number of benzene rings is 2. The number of carbonyl (C=O) groups is 1. The van der Waals surface area contributed by atoms with Gasteiger partial charge in [-0.2, -0.15) is 0 Å². The van der Waals surface area contributed by atoms with Gasteiger partial charge < -0.3 is 4.40 Å². The molecule has 1 N–H and O–H groups in total. The molecule has 0 bridgehead atoms. The number of hydrogen-bond donors (Lipinski definition) is 1. The van der Waals surface area contributed by atoms with Crippen molar-refractivity contribution in [1.82, 2.24) is 9.38 Å². The third kappa shape index (κ3) is 3.90. The van der Waals surface area contributed by atoms with Gasteiger partial charge in [-0.1, -0.05) is 24.3 Å². The second-order valence-electron chi connectivity index (χ2n) is 6.86. The highest BCUT2D eigenvalue weighted by Crippen LogP contribution is 2.23. The first-order valence-corrected chi connectivity index (χ1v) is 10.5. The van der Waals surface area contributed by atoms with E-state index in [-0.39, 0.29) is 10.7 Å². The van der Waals surface area contributed by atoms with Gasteiger partial charge >= 0.3 is 0 Å². The standard InChI is InChI=1S/C22H19N3O3S/c1-15-10-11-25-14-21(23-22(25)12-15)17-6-8-19(9-7-17)24-29(27,28)20-5-3-4-18(13-20)16(2)26/h3-14,24H,1-2H3. The molecule has 146 valence electrons. The lowest BCUT2D eigenvalue weighted by Crippen LogP contribution is -2.13. The molecule has 0 atom stereocenters. The van der Waals surface area contributed by atoms with Crippen LogP contribution in [0.1, 0.15) is 22.8 Å². The maximum atomic E-state index is 12.6. The molecule has 0 aliphatic heterocycles. The second kappa shape index (κ2) is 7.18. The molecule has 0 aliphatic carbocycles. The van der Waals surface area contributed by atoms with Gasteiger partial charge in [0.2, 0.25) is 0 Å². The Hall–Kier alpha value is -3.45. The first-order valence-electron chi connectivity index (χ1n) is 9.01. The zero-order chi connectivity index (χ0) is 20.6. The molecule has 0 saturated heterocycles. The van der Waals surface area contributed by atoms with Crippen LogP contribution >= 0.6 is 0 Å². The van der Waals surface area contributed by atoms with Gasteiger partial charge in [0.05, 0.1) is 10.6 Å². The molecule has 29 heavy (non-hydrogen) atoms. The number of sulfonamides is 1. The quantitative estimate of drug-likeness (QED) is 0.502. The average molecular weight is 405 g/mol. The van der Waals surface area contributed by atoms with Gasteiger partial charge in [-0.3, -0.25) is 9.52 Å². The maximum absolute atomic E-state index is 12.6. The van der Waals surface area contributed by atoms with Crippen LogP contribution in [0.5, 0.6) is 0 Å². The van der Waals surface area contributed by atoms with Crippen molar-refractivity contribution < 1.29 is 13.2 Å². The Balaban J connectivity index is 1.59. The number of ketones is 1. The van der Waals surface area contributed by atoms with Crippen molar-refractivity contribution in [3.8, 4) is 11.3 Å². The summed E-state index contributed by atoms with van der Waals surface area (Å²) in [5.74, 6) is -0.186. The van der Waals surface area contributed by atoms with E-state index in [1.54, 1.807) is 24.3 Å². The second-order valence-corrected chi connectivity index (χ2v) is 8.54. The molecule has 0 amide bonds. The summed E-state index contributed by atoms with van der Waals surface area (Å²) in [5.41, 5.74) is 4.46. The number of Topliss-reactive ketones (excluding diaryl/α,β-unsaturated/α-hetero) is 1. The van der Waals surface area contributed by atoms with E-state index in [1.165, 1.54) is 19.1 Å². The minimum atomic E-state index is -3.79. The van der Waals surface area contributed by atoms with Gasteiger partial charge in [-0.15, -0.1) is 0 Å². The topological polar surface area (TPSA) is 80.5 Å². The number of hydrogen-bond acceptors (Lipinski definition) is 4. The highest BCUT2D eigenvalue weighted by atomic mass is 32.2. The lowest BCUT2D eigenvalue weighted by Gasteiger charge is -2.09. The number of fused-ring (bicyclic) bond motifs is 1. The summed E-state index contributed by atoms with van der Waals surface area (Å²) >= 11 is 0. The fraction of sp³-hybridized carbons (Fsp3) is 0.0909. The van der Waals surface area contributed by atoms with E-state index < -0.39 is 10.0 Å². The zero-order valence-electron chi connectivity index (χ0n) is 16.0. The molecule has 0 spiro atoms. The van der Waals surface area contributed by atoms with Crippen LogP contribution in [0.25, 0.3) is 16.9 Å². The lowest BCUT2D eigenvalue weighted by atomic mass is 10.1. The Morgan fingerprint density at radius 3 is 2.52 bits per heavy atom. The Labute approximate surface area is 168 Å². The summed E-state index contributed by atoms with van der Waals surface area (Å²) in [7, 11) is -3.79. The number of imidazole rings is 1. The lowest BCUT2D eigenvalue weighted by molar-refractivity contribution is 0.101. The van der Waals surface area contributed by atoms with Crippen LogP contribution in [0.15, 0.2) is 78.0 Å². The predicted octanol–water partition coefficient (Wildman–Crippen LogP) is 4.31. The summed E-state index contributed by atoms with van der Waals surface area (Å²) in [6.07, 6.45) is 3.89. The highest BCUT2D eigenvalue weighted by Gasteiger charge is 2.16. The Morgan fingerprint density at radius 2 is 1.79 bits per heavy atom. The molecule has 4 rings (SSSR count). The van der Waals surface area contributed by atoms with Crippen molar-refractivity contribution in [2.75, 3.05) is 4.72 Å². The summed E-state index contributed by atoms with van der Waals surface area (Å²) in [6.45, 7) is 3.42. The van der Waals surface area contributed by atoms with Crippen molar-refractivity contribution in [2.24, 2.45) is 0 Å². The zero-order valence-corrected chi connectivity index (χ0v) is 16.8. The number of aromatic nitrogens is 2. The minimum Gasteiger partial charge on any atom is -0.306 e. The third-order valence-electron chi connectivity index (χ3n) is 4.60. The number of aryl methyl sites for hydroxylation is 1. The van der Waals surface area contributed by atoms with E-state index in [0.717, 1.165) is 22.5 Å². The van der Waals surface area contributed by atoms with Crippen LogP contribution in [-0.2, 0) is 10.0 Å². The van der Waals surface area contributed by atoms with Crippen LogP contribution in [0, 0.1) is 6.92 Å². The highest BCUT2D eigenvalue weighted by molar-refractivity contribution is 7.92. The monoisotopic (exact) mass is 405 g/mol. The van der Waals surface area contributed by atoms with E-state index in [4.69, 9.17) is 0 Å². The molecule has 0 radical (unpaired) electrons. The Bertz CT molecular complexity index is 1320. The van der Waals surface area contributed by atoms with Crippen molar-refractivity contribution in [1.29, 1.82) is 0 Å². The number of rotatable bonds is 5. The van der Waals surface area contributed by atoms with E-state index in [2.05, 4.69) is 9.71 Å². The predicted molar refractivity (Wildman–Crippen MR) is 113 cm³/mol. The maximum Gasteiger partial charge on any atom is 0.261 e. The first-order chi connectivity index (χ1) is 13.8. The molecule has 0 fully saturated rings. The molecular formula is C22H19N3O3S. The van der Waals surface area contributed by atoms with Crippen molar-refractivity contribution in [3.05, 3.63) is 84.2 Å². The Kier molecular flexibility index (Phi) is 4.68. The molecule has 4 aromatic rings. The van der Waals surface area contributed by atoms with Crippen LogP contribution in [0.2, 0.25) is 0 Å². The molecule has 0 saturated carbocycles. The van der Waals surface area contributed by atoms with E-state index >= 15 is 0 Å². The number of nitrogens with zero attached hydrogens (tertiary/aromatic N) is 2. The average Bonchev–Trinajstić information content (AvgIpc) is 3.11. The van der Waals surface area contributed by atoms with Crippen molar-refractivity contribution in [3.63, 3.8) is 0 Å². The van der Waals surface area contributed by atoms with Gasteiger partial charge in [0.15, 0.2) is 5.78 Å². The molecule has 2 aromatic heterocycles. The number of pyridine rings is 1. The molecular weight excluding hydrogens is 386 g/mol. The van der Waals surface area contributed by atoms with E-state index in [9.17, 15) is 13.2 Å². The van der Waals surface area contributed by atoms with Gasteiger partial charge in [-0.25, -0.2) is 13.4 Å². The van der Waals surface area contributed by atoms with Crippen molar-refractivity contribution in [2.45, 2.75) is 18.7 Å². The van der Waals surface area contributed by atoms with Crippen molar-refractivity contribution >= 4 is 27.1 Å². The number of carbonyl (C=O) groups excluding carboxylic acids is 1. The van der Waals surface area contributed by atoms with E-state index in [1.807, 2.05) is 48.0 Å². The van der Waals surface area contributed by atoms with Crippen LogP contribution in [0.4, 0.5) is 5.69 Å². The van der Waals surface area contributed by atoms with Gasteiger partial charge in [0.1, 0.15) is 5.65 Å².